The first kappa shape index (κ1) is 22.8. The molecule has 172 valence electrons. The summed E-state index contributed by atoms with van der Waals surface area (Å²) in [6, 6.07) is 4.05. The molecule has 1 N–H and O–H groups in total. The largest absolute Gasteiger partial charge is 0.368 e. The van der Waals surface area contributed by atoms with Crippen molar-refractivity contribution in [3.05, 3.63) is 42.2 Å². The predicted molar refractivity (Wildman–Crippen MR) is 124 cm³/mol. The highest BCUT2D eigenvalue weighted by Gasteiger charge is 2.39. The molecule has 2 aromatic heterocycles. The zero-order valence-corrected chi connectivity index (χ0v) is 19.9. The van der Waals surface area contributed by atoms with E-state index in [4.69, 9.17) is 9.72 Å². The van der Waals surface area contributed by atoms with Crippen molar-refractivity contribution in [2.45, 2.75) is 71.1 Å². The van der Waals surface area contributed by atoms with E-state index in [1.807, 2.05) is 24.0 Å². The van der Waals surface area contributed by atoms with Crippen LogP contribution in [0.3, 0.4) is 0 Å². The van der Waals surface area contributed by atoms with Crippen LogP contribution in [0.5, 0.6) is 0 Å². The van der Waals surface area contributed by atoms with Crippen molar-refractivity contribution in [1.29, 1.82) is 0 Å². The molecule has 4 heterocycles. The Bertz CT molecular complexity index is 944. The highest BCUT2D eigenvalue weighted by molar-refractivity contribution is 5.76. The molecule has 1 atom stereocenters. The van der Waals surface area contributed by atoms with Gasteiger partial charge >= 0.3 is 0 Å². The Balaban J connectivity index is 1.46. The highest BCUT2D eigenvalue weighted by Crippen LogP contribution is 2.35. The molecule has 2 aliphatic rings. The monoisotopic (exact) mass is 437 g/mol. The minimum atomic E-state index is -0.225. The van der Waals surface area contributed by atoms with E-state index < -0.39 is 0 Å². The summed E-state index contributed by atoms with van der Waals surface area (Å²) in [4.78, 5) is 28.2. The number of morpholine rings is 1. The molecule has 0 unspecified atom stereocenters. The molecular weight excluding hydrogens is 402 g/mol. The molecule has 2 saturated heterocycles. The number of carbonyl (C=O) groups excluding carboxylic acids is 1. The van der Waals surface area contributed by atoms with Gasteiger partial charge in [0.05, 0.1) is 18.8 Å². The van der Waals surface area contributed by atoms with Gasteiger partial charge in [-0.05, 0) is 71.1 Å². The number of pyridine rings is 1. The summed E-state index contributed by atoms with van der Waals surface area (Å²) >= 11 is 0. The van der Waals surface area contributed by atoms with Crippen molar-refractivity contribution in [3.63, 3.8) is 0 Å². The molecule has 2 aliphatic heterocycles. The molecule has 2 aromatic rings. The van der Waals surface area contributed by atoms with Crippen LogP contribution >= 0.6 is 0 Å². The first-order valence-electron chi connectivity index (χ1n) is 11.5. The number of amides is 1. The molecule has 1 amide bonds. The van der Waals surface area contributed by atoms with Gasteiger partial charge in [-0.2, -0.15) is 0 Å². The molecular formula is C25H35N5O2. The first-order valence-corrected chi connectivity index (χ1v) is 11.5. The zero-order chi connectivity index (χ0) is 22.9. The van der Waals surface area contributed by atoms with Gasteiger partial charge in [-0.3, -0.25) is 9.78 Å². The lowest BCUT2D eigenvalue weighted by molar-refractivity contribution is -0.140. The van der Waals surface area contributed by atoms with Gasteiger partial charge in [0, 0.05) is 47.7 Å². The van der Waals surface area contributed by atoms with E-state index in [1.165, 1.54) is 6.33 Å². The van der Waals surface area contributed by atoms with E-state index in [-0.39, 0.29) is 23.1 Å². The van der Waals surface area contributed by atoms with E-state index in [0.717, 1.165) is 35.4 Å². The Labute approximate surface area is 191 Å². The van der Waals surface area contributed by atoms with Crippen molar-refractivity contribution in [2.24, 2.45) is 5.92 Å². The Kier molecular flexibility index (Phi) is 6.32. The van der Waals surface area contributed by atoms with Crippen LogP contribution in [0.1, 0.15) is 64.4 Å². The molecule has 0 aliphatic carbocycles. The maximum absolute atomic E-state index is 13.2. The summed E-state index contributed by atoms with van der Waals surface area (Å²) in [5.74, 6) is 0.609. The van der Waals surface area contributed by atoms with Gasteiger partial charge in [-0.1, -0.05) is 0 Å². The minimum absolute atomic E-state index is 0.0449. The number of hydrogen-bond donors (Lipinski definition) is 1. The minimum Gasteiger partial charge on any atom is -0.368 e. The third-order valence-electron chi connectivity index (χ3n) is 6.35. The van der Waals surface area contributed by atoms with Gasteiger partial charge in [0.2, 0.25) is 5.91 Å². The molecule has 0 saturated carbocycles. The van der Waals surface area contributed by atoms with Gasteiger partial charge < -0.3 is 15.0 Å². The van der Waals surface area contributed by atoms with Crippen LogP contribution in [0.25, 0.3) is 11.1 Å². The van der Waals surface area contributed by atoms with E-state index in [1.54, 1.807) is 12.4 Å². The highest BCUT2D eigenvalue weighted by atomic mass is 16.5. The smallest absolute Gasteiger partial charge is 0.223 e. The lowest BCUT2D eigenvalue weighted by atomic mass is 9.74. The van der Waals surface area contributed by atoms with E-state index >= 15 is 0 Å². The van der Waals surface area contributed by atoms with Crippen LogP contribution in [-0.2, 0) is 9.53 Å². The molecule has 0 spiro atoms. The number of ether oxygens (including phenoxy) is 1. The van der Waals surface area contributed by atoms with Crippen molar-refractivity contribution >= 4 is 5.91 Å². The SMILES string of the molecule is Cc1cc(-c2cncnc2)cc([C@@H]2CN(C(=O)CC3CC(C)(C)NC(C)(C)C3)CCO2)n1. The van der Waals surface area contributed by atoms with Crippen LogP contribution in [0.15, 0.2) is 30.9 Å². The van der Waals surface area contributed by atoms with E-state index in [9.17, 15) is 4.79 Å². The van der Waals surface area contributed by atoms with Gasteiger partial charge in [0.25, 0.3) is 0 Å². The summed E-state index contributed by atoms with van der Waals surface area (Å²) in [6.45, 7) is 12.6. The number of hydrogen-bond acceptors (Lipinski definition) is 6. The topological polar surface area (TPSA) is 80.2 Å². The summed E-state index contributed by atoms with van der Waals surface area (Å²) in [7, 11) is 0. The molecule has 32 heavy (non-hydrogen) atoms. The third kappa shape index (κ3) is 5.51. The van der Waals surface area contributed by atoms with Gasteiger partial charge in [0.1, 0.15) is 12.4 Å². The average molecular weight is 438 g/mol. The van der Waals surface area contributed by atoms with Crippen LogP contribution in [0.4, 0.5) is 0 Å². The van der Waals surface area contributed by atoms with Crippen LogP contribution < -0.4 is 5.32 Å². The Hall–Kier alpha value is -2.38. The second-order valence-corrected chi connectivity index (χ2v) is 10.6. The number of nitrogens with one attached hydrogen (secondary N) is 1. The van der Waals surface area contributed by atoms with E-state index in [0.29, 0.717) is 32.0 Å². The third-order valence-corrected chi connectivity index (χ3v) is 6.35. The maximum Gasteiger partial charge on any atom is 0.223 e. The van der Waals surface area contributed by atoms with Crippen LogP contribution in [-0.4, -0.2) is 56.5 Å². The van der Waals surface area contributed by atoms with Crippen molar-refractivity contribution < 1.29 is 9.53 Å². The number of aryl methyl sites for hydroxylation is 1. The zero-order valence-electron chi connectivity index (χ0n) is 19.9. The predicted octanol–water partition coefficient (Wildman–Crippen LogP) is 3.69. The van der Waals surface area contributed by atoms with E-state index in [2.05, 4.69) is 43.0 Å². The number of carbonyl (C=O) groups is 1. The fraction of sp³-hybridized carbons (Fsp3) is 0.600. The summed E-state index contributed by atoms with van der Waals surface area (Å²) in [5, 5.41) is 3.71. The second-order valence-electron chi connectivity index (χ2n) is 10.6. The van der Waals surface area contributed by atoms with Gasteiger partial charge in [0.15, 0.2) is 0 Å². The first-order chi connectivity index (χ1) is 15.1. The second kappa shape index (κ2) is 8.87. The summed E-state index contributed by atoms with van der Waals surface area (Å²) in [6.07, 6.45) is 7.51. The molecule has 0 radical (unpaired) electrons. The van der Waals surface area contributed by atoms with Crippen LogP contribution in [0.2, 0.25) is 0 Å². The fourth-order valence-electron chi connectivity index (χ4n) is 5.58. The van der Waals surface area contributed by atoms with Gasteiger partial charge in [-0.25, -0.2) is 9.97 Å². The Morgan fingerprint density at radius 3 is 2.50 bits per heavy atom. The average Bonchev–Trinajstić information content (AvgIpc) is 2.72. The summed E-state index contributed by atoms with van der Waals surface area (Å²) in [5.41, 5.74) is 3.81. The molecule has 7 heteroatoms. The number of piperidine rings is 1. The Morgan fingerprint density at radius 2 is 1.81 bits per heavy atom. The van der Waals surface area contributed by atoms with Crippen LogP contribution in [0, 0.1) is 12.8 Å². The molecule has 4 rings (SSSR count). The quantitative estimate of drug-likeness (QED) is 0.786. The van der Waals surface area contributed by atoms with Crippen molar-refractivity contribution in [3.8, 4) is 11.1 Å². The molecule has 0 bridgehead atoms. The molecule has 2 fully saturated rings. The van der Waals surface area contributed by atoms with Crippen molar-refractivity contribution in [1.82, 2.24) is 25.2 Å². The van der Waals surface area contributed by atoms with Crippen molar-refractivity contribution in [2.75, 3.05) is 19.7 Å². The lowest BCUT2D eigenvalue weighted by Crippen LogP contribution is -2.58. The molecule has 0 aromatic carbocycles. The maximum atomic E-state index is 13.2. The van der Waals surface area contributed by atoms with Gasteiger partial charge in [-0.15, -0.1) is 0 Å². The fourth-order valence-corrected chi connectivity index (χ4v) is 5.58. The number of rotatable bonds is 4. The number of aromatic nitrogens is 3. The molecule has 7 nitrogen and oxygen atoms in total. The summed E-state index contributed by atoms with van der Waals surface area (Å²) < 4.78 is 6.05. The Morgan fingerprint density at radius 1 is 1.12 bits per heavy atom. The lowest BCUT2D eigenvalue weighted by Gasteiger charge is -2.47. The standard InChI is InChI=1S/C25H35N5O2/c1-17-8-19(20-13-26-16-27-14-20)10-21(28-17)22-15-30(6-7-32-22)23(31)9-18-11-24(2,3)29-25(4,5)12-18/h8,10,13-14,16,18,22,29H,6-7,9,11-12,15H2,1-5H3/t22-/m0/s1. The number of nitrogens with zero attached hydrogens (tertiary/aromatic N) is 4. The normalized spacial score (nSPS) is 23.2.